The van der Waals surface area contributed by atoms with Gasteiger partial charge in [-0.2, -0.15) is 5.10 Å². The van der Waals surface area contributed by atoms with E-state index in [1.807, 2.05) is 66.7 Å². The maximum Gasteiger partial charge on any atom is 0.274 e. The minimum Gasteiger partial charge on any atom is -0.274 e. The summed E-state index contributed by atoms with van der Waals surface area (Å²) < 4.78 is 2.31. The normalized spacial score (nSPS) is 11.4. The number of hydrogen-bond donors (Lipinski definition) is 0. The molecular formula is C27H24N4O2S. The van der Waals surface area contributed by atoms with E-state index in [1.54, 1.807) is 18.0 Å². The van der Waals surface area contributed by atoms with Gasteiger partial charge < -0.3 is 0 Å². The lowest BCUT2D eigenvalue weighted by Gasteiger charge is -2.21. The van der Waals surface area contributed by atoms with Gasteiger partial charge >= 0.3 is 0 Å². The summed E-state index contributed by atoms with van der Waals surface area (Å²) in [5.74, 6) is 0.231. The number of amides is 1. The van der Waals surface area contributed by atoms with E-state index < -0.39 is 0 Å². The van der Waals surface area contributed by atoms with E-state index in [0.717, 1.165) is 15.9 Å². The fourth-order valence-electron chi connectivity index (χ4n) is 4.05. The molecule has 0 saturated heterocycles. The Bertz CT molecular complexity index is 1530. The molecule has 0 bridgehead atoms. The topological polar surface area (TPSA) is 68.1 Å². The highest BCUT2D eigenvalue weighted by Gasteiger charge is 2.24. The van der Waals surface area contributed by atoms with E-state index in [4.69, 9.17) is 4.98 Å². The molecule has 2 aromatic heterocycles. The van der Waals surface area contributed by atoms with Crippen LogP contribution in [0.1, 0.15) is 31.0 Å². The van der Waals surface area contributed by atoms with Gasteiger partial charge in [-0.05, 0) is 41.8 Å². The lowest BCUT2D eigenvalue weighted by molar-refractivity contribution is -0.117. The van der Waals surface area contributed by atoms with Gasteiger partial charge in [0.2, 0.25) is 5.91 Å². The highest BCUT2D eigenvalue weighted by atomic mass is 32.1. The molecule has 0 aliphatic rings. The Labute approximate surface area is 201 Å². The Hall–Kier alpha value is -3.84. The Morgan fingerprint density at radius 3 is 2.35 bits per heavy atom. The van der Waals surface area contributed by atoms with E-state index in [9.17, 15) is 9.59 Å². The molecule has 0 aliphatic heterocycles. The maximum absolute atomic E-state index is 13.8. The molecule has 5 rings (SSSR count). The van der Waals surface area contributed by atoms with Gasteiger partial charge in [0.05, 0.1) is 33.4 Å². The van der Waals surface area contributed by atoms with Crippen LogP contribution in [0, 0.1) is 0 Å². The number of rotatable bonds is 5. The average molecular weight is 469 g/mol. The highest BCUT2D eigenvalue weighted by Crippen LogP contribution is 2.34. The highest BCUT2D eigenvalue weighted by molar-refractivity contribution is 7.22. The van der Waals surface area contributed by atoms with Crippen LogP contribution in [0.4, 0.5) is 10.8 Å². The van der Waals surface area contributed by atoms with Crippen LogP contribution in [0.2, 0.25) is 0 Å². The summed E-state index contributed by atoms with van der Waals surface area (Å²) in [5.41, 5.74) is 3.19. The molecule has 0 unspecified atom stereocenters. The first kappa shape index (κ1) is 22.0. The number of fused-ring (bicyclic) bond motifs is 2. The Morgan fingerprint density at radius 1 is 0.971 bits per heavy atom. The van der Waals surface area contributed by atoms with Gasteiger partial charge in [-0.25, -0.2) is 9.67 Å². The summed E-state index contributed by atoms with van der Waals surface area (Å²) in [5, 5.41) is 6.28. The zero-order chi connectivity index (χ0) is 23.8. The number of hydrogen-bond acceptors (Lipinski definition) is 5. The summed E-state index contributed by atoms with van der Waals surface area (Å²) >= 11 is 1.48. The number of nitrogens with zero attached hydrogens (tertiary/aromatic N) is 4. The molecule has 3 aromatic carbocycles. The van der Waals surface area contributed by atoms with Crippen LogP contribution in [-0.2, 0) is 18.3 Å². The molecule has 0 fully saturated rings. The Balaban J connectivity index is 1.60. The van der Waals surface area contributed by atoms with Gasteiger partial charge in [0, 0.05) is 12.4 Å². The summed E-state index contributed by atoms with van der Waals surface area (Å²) in [6, 6.07) is 23.2. The van der Waals surface area contributed by atoms with Crippen molar-refractivity contribution in [3.8, 4) is 0 Å². The van der Waals surface area contributed by atoms with Crippen molar-refractivity contribution < 1.29 is 4.79 Å². The van der Waals surface area contributed by atoms with Crippen molar-refractivity contribution in [2.75, 3.05) is 4.90 Å². The molecule has 0 saturated carbocycles. The van der Waals surface area contributed by atoms with Crippen molar-refractivity contribution >= 4 is 49.1 Å². The number of benzene rings is 3. The molecule has 0 N–H and O–H groups in total. The lowest BCUT2D eigenvalue weighted by Crippen LogP contribution is -2.29. The first-order valence-corrected chi connectivity index (χ1v) is 12.0. The van der Waals surface area contributed by atoms with Crippen LogP contribution >= 0.6 is 11.3 Å². The second kappa shape index (κ2) is 8.83. The standard InChI is InChI=1S/C27H24N4O2S/c1-17(2)18-12-14-19(15-13-18)31(27-28-22-10-6-7-11-24(22)34-27)25(32)16-23-20-8-4-5-9-21(20)26(33)30(3)29-23/h4-15,17H,16H2,1-3H3. The van der Waals surface area contributed by atoms with Crippen molar-refractivity contribution in [1.82, 2.24) is 14.8 Å². The van der Waals surface area contributed by atoms with E-state index in [2.05, 4.69) is 18.9 Å². The molecule has 2 heterocycles. The van der Waals surface area contributed by atoms with Crippen LogP contribution < -0.4 is 10.5 Å². The molecule has 1 amide bonds. The minimum absolute atomic E-state index is 0.0382. The third-order valence-electron chi connectivity index (χ3n) is 5.89. The predicted octanol–water partition coefficient (Wildman–Crippen LogP) is 5.57. The molecule has 0 radical (unpaired) electrons. The third kappa shape index (κ3) is 3.99. The zero-order valence-corrected chi connectivity index (χ0v) is 20.0. The summed E-state index contributed by atoms with van der Waals surface area (Å²) in [6.07, 6.45) is 0.0382. The van der Waals surface area contributed by atoms with Crippen LogP contribution in [-0.4, -0.2) is 20.7 Å². The quantitative estimate of drug-likeness (QED) is 0.338. The summed E-state index contributed by atoms with van der Waals surface area (Å²) in [4.78, 5) is 32.8. The molecule has 0 atom stereocenters. The van der Waals surface area contributed by atoms with E-state index >= 15 is 0 Å². The number of carbonyl (C=O) groups excluding carboxylic acids is 1. The van der Waals surface area contributed by atoms with E-state index in [1.165, 1.54) is 21.6 Å². The largest absolute Gasteiger partial charge is 0.274 e. The average Bonchev–Trinajstić information content (AvgIpc) is 3.26. The molecule has 7 heteroatoms. The van der Waals surface area contributed by atoms with Gasteiger partial charge in [0.15, 0.2) is 5.13 Å². The number of aromatic nitrogens is 3. The van der Waals surface area contributed by atoms with Crippen LogP contribution in [0.3, 0.4) is 0 Å². The molecule has 0 spiro atoms. The SMILES string of the molecule is CC(C)c1ccc(N(C(=O)Cc2nn(C)c(=O)c3ccccc23)c2nc3ccccc3s2)cc1. The number of thiazole rings is 1. The predicted molar refractivity (Wildman–Crippen MR) is 138 cm³/mol. The molecule has 0 aliphatic carbocycles. The number of anilines is 2. The van der Waals surface area contributed by atoms with E-state index in [0.29, 0.717) is 27.5 Å². The number of carbonyl (C=O) groups is 1. The smallest absolute Gasteiger partial charge is 0.274 e. The first-order valence-electron chi connectivity index (χ1n) is 11.2. The second-order valence-corrected chi connectivity index (χ2v) is 9.55. The van der Waals surface area contributed by atoms with Crippen molar-refractivity contribution in [2.24, 2.45) is 7.05 Å². The zero-order valence-electron chi connectivity index (χ0n) is 19.2. The van der Waals surface area contributed by atoms with Gasteiger partial charge in [-0.1, -0.05) is 67.6 Å². The molecule has 34 heavy (non-hydrogen) atoms. The Kier molecular flexibility index (Phi) is 5.71. The second-order valence-electron chi connectivity index (χ2n) is 8.54. The van der Waals surface area contributed by atoms with Crippen molar-refractivity contribution in [1.29, 1.82) is 0 Å². The summed E-state index contributed by atoms with van der Waals surface area (Å²) in [7, 11) is 1.61. The van der Waals surface area contributed by atoms with Crippen LogP contribution in [0.15, 0.2) is 77.6 Å². The molecule has 5 aromatic rings. The van der Waals surface area contributed by atoms with E-state index in [-0.39, 0.29) is 17.9 Å². The number of para-hydroxylation sites is 1. The van der Waals surface area contributed by atoms with Crippen molar-refractivity contribution in [3.05, 3.63) is 94.4 Å². The first-order chi connectivity index (χ1) is 16.4. The fraction of sp³-hybridized carbons (Fsp3) is 0.185. The molecule has 170 valence electrons. The lowest BCUT2D eigenvalue weighted by atomic mass is 10.0. The van der Waals surface area contributed by atoms with Gasteiger partial charge in [-0.3, -0.25) is 14.5 Å². The monoisotopic (exact) mass is 468 g/mol. The van der Waals surface area contributed by atoms with Gasteiger partial charge in [0.25, 0.3) is 5.56 Å². The molecular weight excluding hydrogens is 444 g/mol. The van der Waals surface area contributed by atoms with Crippen molar-refractivity contribution in [3.63, 3.8) is 0 Å². The van der Waals surface area contributed by atoms with Crippen molar-refractivity contribution in [2.45, 2.75) is 26.2 Å². The minimum atomic E-state index is -0.181. The van der Waals surface area contributed by atoms with Gasteiger partial charge in [-0.15, -0.1) is 0 Å². The van der Waals surface area contributed by atoms with Crippen LogP contribution in [0.25, 0.3) is 21.0 Å². The third-order valence-corrected chi connectivity index (χ3v) is 6.91. The van der Waals surface area contributed by atoms with Gasteiger partial charge in [0.1, 0.15) is 0 Å². The fourth-order valence-corrected chi connectivity index (χ4v) is 5.06. The Morgan fingerprint density at radius 2 is 1.65 bits per heavy atom. The maximum atomic E-state index is 13.8. The number of aryl methyl sites for hydroxylation is 1. The summed E-state index contributed by atoms with van der Waals surface area (Å²) in [6.45, 7) is 4.28. The van der Waals surface area contributed by atoms with Crippen LogP contribution in [0.5, 0.6) is 0 Å². The molecule has 6 nitrogen and oxygen atoms in total.